The van der Waals surface area contributed by atoms with Crippen LogP contribution in [0.4, 0.5) is 0 Å². The maximum atomic E-state index is 5.60. The van der Waals surface area contributed by atoms with Gasteiger partial charge in [0, 0.05) is 58.5 Å². The van der Waals surface area contributed by atoms with Crippen LogP contribution >= 0.6 is 0 Å². The van der Waals surface area contributed by atoms with Crippen LogP contribution in [0.3, 0.4) is 0 Å². The molecule has 118 valence electrons. The predicted molar refractivity (Wildman–Crippen MR) is 84.2 cm³/mol. The summed E-state index contributed by atoms with van der Waals surface area (Å²) in [7, 11) is 0. The summed E-state index contributed by atoms with van der Waals surface area (Å²) in [4.78, 5) is 5.24. The van der Waals surface area contributed by atoms with Crippen LogP contribution in [0.25, 0.3) is 0 Å². The molecule has 2 heterocycles. The molecule has 20 heavy (non-hydrogen) atoms. The van der Waals surface area contributed by atoms with Crippen LogP contribution in [-0.2, 0) is 4.74 Å². The van der Waals surface area contributed by atoms with Gasteiger partial charge in [-0.25, -0.2) is 0 Å². The molecule has 0 saturated carbocycles. The van der Waals surface area contributed by atoms with Gasteiger partial charge in [0.2, 0.25) is 0 Å². The lowest BCUT2D eigenvalue weighted by atomic mass is 9.79. The van der Waals surface area contributed by atoms with Crippen molar-refractivity contribution >= 4 is 0 Å². The summed E-state index contributed by atoms with van der Waals surface area (Å²) in [5.74, 6) is 0. The highest BCUT2D eigenvalue weighted by Gasteiger charge is 2.35. The lowest BCUT2D eigenvalue weighted by molar-refractivity contribution is -0.0128. The van der Waals surface area contributed by atoms with Crippen molar-refractivity contribution in [3.8, 4) is 0 Å². The molecule has 0 amide bonds. The fraction of sp³-hybridized carbons (Fsp3) is 1.00. The average Bonchev–Trinajstić information content (AvgIpc) is 2.47. The van der Waals surface area contributed by atoms with Crippen molar-refractivity contribution in [1.29, 1.82) is 0 Å². The SMILES string of the molecule is CCN1CCN(CC2(CNC(C)C)CCOCC2)CC1. The molecule has 2 aliphatic heterocycles. The molecule has 0 bridgehead atoms. The van der Waals surface area contributed by atoms with Crippen molar-refractivity contribution < 1.29 is 4.74 Å². The summed E-state index contributed by atoms with van der Waals surface area (Å²) in [6.45, 7) is 17.2. The zero-order valence-electron chi connectivity index (χ0n) is 13.7. The number of hydrogen-bond donors (Lipinski definition) is 1. The van der Waals surface area contributed by atoms with E-state index in [-0.39, 0.29) is 0 Å². The van der Waals surface area contributed by atoms with Gasteiger partial charge in [-0.1, -0.05) is 20.8 Å². The van der Waals surface area contributed by atoms with E-state index in [2.05, 4.69) is 35.9 Å². The first-order valence-corrected chi connectivity index (χ1v) is 8.39. The van der Waals surface area contributed by atoms with Crippen molar-refractivity contribution in [2.45, 2.75) is 39.7 Å². The minimum Gasteiger partial charge on any atom is -0.381 e. The molecule has 0 radical (unpaired) electrons. The molecule has 0 aliphatic carbocycles. The fourth-order valence-electron chi connectivity index (χ4n) is 3.35. The van der Waals surface area contributed by atoms with Gasteiger partial charge in [-0.15, -0.1) is 0 Å². The van der Waals surface area contributed by atoms with E-state index in [1.165, 1.54) is 52.1 Å². The summed E-state index contributed by atoms with van der Waals surface area (Å²) in [5.41, 5.74) is 0.427. The fourth-order valence-corrected chi connectivity index (χ4v) is 3.35. The normalized spacial score (nSPS) is 25.2. The highest BCUT2D eigenvalue weighted by atomic mass is 16.5. The molecular weight excluding hydrogens is 250 g/mol. The van der Waals surface area contributed by atoms with Gasteiger partial charge in [0.15, 0.2) is 0 Å². The Morgan fingerprint density at radius 2 is 1.65 bits per heavy atom. The Kier molecular flexibility index (Phi) is 6.27. The molecule has 0 aromatic rings. The highest BCUT2D eigenvalue weighted by molar-refractivity contribution is 4.89. The van der Waals surface area contributed by atoms with Crippen LogP contribution in [0.5, 0.6) is 0 Å². The Bertz CT molecular complexity index is 269. The predicted octanol–water partition coefficient (Wildman–Crippen LogP) is 1.42. The second kappa shape index (κ2) is 7.74. The zero-order chi connectivity index (χ0) is 14.4. The largest absolute Gasteiger partial charge is 0.381 e. The Labute approximate surface area is 124 Å². The molecule has 4 heteroatoms. The molecule has 2 fully saturated rings. The molecule has 4 nitrogen and oxygen atoms in total. The van der Waals surface area contributed by atoms with E-state index in [0.29, 0.717) is 11.5 Å². The third-order valence-corrected chi connectivity index (χ3v) is 4.91. The van der Waals surface area contributed by atoms with Crippen LogP contribution in [0.2, 0.25) is 0 Å². The van der Waals surface area contributed by atoms with E-state index < -0.39 is 0 Å². The van der Waals surface area contributed by atoms with Crippen molar-refractivity contribution in [2.75, 3.05) is 59.0 Å². The number of likely N-dealkylation sites (N-methyl/N-ethyl adjacent to an activating group) is 1. The van der Waals surface area contributed by atoms with Gasteiger partial charge in [0.1, 0.15) is 0 Å². The number of hydrogen-bond acceptors (Lipinski definition) is 4. The first-order chi connectivity index (χ1) is 9.63. The summed E-state index contributed by atoms with van der Waals surface area (Å²) in [6.07, 6.45) is 2.42. The van der Waals surface area contributed by atoms with Gasteiger partial charge in [-0.3, -0.25) is 0 Å². The van der Waals surface area contributed by atoms with Gasteiger partial charge in [0.05, 0.1) is 0 Å². The maximum absolute atomic E-state index is 5.60. The van der Waals surface area contributed by atoms with E-state index in [9.17, 15) is 0 Å². The molecule has 2 aliphatic rings. The van der Waals surface area contributed by atoms with Gasteiger partial charge in [0.25, 0.3) is 0 Å². The topological polar surface area (TPSA) is 27.7 Å². The van der Waals surface area contributed by atoms with E-state index in [1.54, 1.807) is 0 Å². The third kappa shape index (κ3) is 4.69. The van der Waals surface area contributed by atoms with Crippen LogP contribution < -0.4 is 5.32 Å². The number of nitrogens with one attached hydrogen (secondary N) is 1. The molecule has 0 unspecified atom stereocenters. The van der Waals surface area contributed by atoms with Crippen LogP contribution in [0.15, 0.2) is 0 Å². The molecule has 0 aromatic carbocycles. The van der Waals surface area contributed by atoms with Crippen molar-refractivity contribution in [3.05, 3.63) is 0 Å². The Hall–Kier alpha value is -0.160. The first kappa shape index (κ1) is 16.2. The quantitative estimate of drug-likeness (QED) is 0.798. The summed E-state index contributed by atoms with van der Waals surface area (Å²) < 4.78 is 5.60. The van der Waals surface area contributed by atoms with Crippen molar-refractivity contribution in [3.63, 3.8) is 0 Å². The summed E-state index contributed by atoms with van der Waals surface area (Å²) in [6, 6.07) is 0.576. The Morgan fingerprint density at radius 3 is 2.20 bits per heavy atom. The molecule has 1 N–H and O–H groups in total. The number of piperazine rings is 1. The molecule has 0 atom stereocenters. The van der Waals surface area contributed by atoms with Crippen LogP contribution in [0.1, 0.15) is 33.6 Å². The van der Waals surface area contributed by atoms with Crippen molar-refractivity contribution in [2.24, 2.45) is 5.41 Å². The monoisotopic (exact) mass is 283 g/mol. The van der Waals surface area contributed by atoms with Gasteiger partial charge >= 0.3 is 0 Å². The minimum absolute atomic E-state index is 0.427. The summed E-state index contributed by atoms with van der Waals surface area (Å²) in [5, 5.41) is 3.67. The van der Waals surface area contributed by atoms with Gasteiger partial charge in [-0.05, 0) is 24.8 Å². The number of rotatable bonds is 6. The second-order valence-electron chi connectivity index (χ2n) is 6.86. The zero-order valence-corrected chi connectivity index (χ0v) is 13.7. The second-order valence-corrected chi connectivity index (χ2v) is 6.86. The van der Waals surface area contributed by atoms with E-state index in [4.69, 9.17) is 4.74 Å². The summed E-state index contributed by atoms with van der Waals surface area (Å²) >= 11 is 0. The molecule has 0 spiro atoms. The molecule has 2 saturated heterocycles. The van der Waals surface area contributed by atoms with Crippen LogP contribution in [0, 0.1) is 5.41 Å². The van der Waals surface area contributed by atoms with Crippen LogP contribution in [-0.4, -0.2) is 74.9 Å². The van der Waals surface area contributed by atoms with E-state index >= 15 is 0 Å². The number of nitrogens with zero attached hydrogens (tertiary/aromatic N) is 2. The molecule has 0 aromatic heterocycles. The Balaban J connectivity index is 1.87. The first-order valence-electron chi connectivity index (χ1n) is 8.39. The van der Waals surface area contributed by atoms with E-state index in [1.807, 2.05) is 0 Å². The van der Waals surface area contributed by atoms with Crippen molar-refractivity contribution in [1.82, 2.24) is 15.1 Å². The molecule has 2 rings (SSSR count). The molecular formula is C16H33N3O. The smallest absolute Gasteiger partial charge is 0.0472 e. The number of ether oxygens (including phenoxy) is 1. The van der Waals surface area contributed by atoms with Gasteiger partial charge < -0.3 is 19.9 Å². The lowest BCUT2D eigenvalue weighted by Gasteiger charge is -2.44. The highest BCUT2D eigenvalue weighted by Crippen LogP contribution is 2.31. The third-order valence-electron chi connectivity index (χ3n) is 4.91. The maximum Gasteiger partial charge on any atom is 0.0472 e. The van der Waals surface area contributed by atoms with E-state index in [0.717, 1.165) is 19.8 Å². The average molecular weight is 283 g/mol. The lowest BCUT2D eigenvalue weighted by Crippen LogP contribution is -2.53. The minimum atomic E-state index is 0.427. The Morgan fingerprint density at radius 1 is 1.05 bits per heavy atom. The van der Waals surface area contributed by atoms with Gasteiger partial charge in [-0.2, -0.15) is 0 Å². The standard InChI is InChI=1S/C16H33N3O/c1-4-18-7-9-19(10-8-18)14-16(13-17-15(2)3)5-11-20-12-6-16/h15,17H,4-14H2,1-3H3.